The van der Waals surface area contributed by atoms with E-state index in [2.05, 4.69) is 15.6 Å². The molecule has 7 heteroatoms. The smallest absolute Gasteiger partial charge is 0.326 e. The molecule has 3 N–H and O–H groups in total. The van der Waals surface area contributed by atoms with Crippen molar-refractivity contribution in [3.63, 3.8) is 0 Å². The van der Waals surface area contributed by atoms with Crippen LogP contribution in [0.2, 0.25) is 0 Å². The molecule has 0 aromatic carbocycles. The Bertz CT molecular complexity index is 465. The van der Waals surface area contributed by atoms with Crippen molar-refractivity contribution in [3.05, 3.63) is 29.6 Å². The van der Waals surface area contributed by atoms with Gasteiger partial charge >= 0.3 is 12.0 Å². The molecule has 1 heterocycles. The van der Waals surface area contributed by atoms with E-state index in [9.17, 15) is 9.59 Å². The minimum atomic E-state index is -1.09. The first kappa shape index (κ1) is 15.9. The summed E-state index contributed by atoms with van der Waals surface area (Å²) in [6.07, 6.45) is 1.85. The Balaban J connectivity index is 2.46. The molecule has 2 amide bonds. The summed E-state index contributed by atoms with van der Waals surface area (Å²) in [6, 6.07) is 2.18. The molecule has 7 nitrogen and oxygen atoms in total. The summed E-state index contributed by atoms with van der Waals surface area (Å²) in [4.78, 5) is 26.7. The SMILES string of the molecule is COCCC(NC(=O)NCc1ncccc1C)C(=O)O. The maximum absolute atomic E-state index is 11.7. The first-order valence-corrected chi connectivity index (χ1v) is 6.21. The molecule has 0 aliphatic carbocycles. The van der Waals surface area contributed by atoms with Gasteiger partial charge in [-0.1, -0.05) is 6.07 Å². The van der Waals surface area contributed by atoms with Gasteiger partial charge in [-0.15, -0.1) is 0 Å². The van der Waals surface area contributed by atoms with Gasteiger partial charge in [-0.05, 0) is 18.6 Å². The van der Waals surface area contributed by atoms with E-state index in [1.54, 1.807) is 6.20 Å². The fourth-order valence-electron chi connectivity index (χ4n) is 1.57. The van der Waals surface area contributed by atoms with Crippen LogP contribution in [-0.4, -0.2) is 41.8 Å². The maximum atomic E-state index is 11.7. The molecule has 0 fully saturated rings. The molecule has 0 saturated heterocycles. The van der Waals surface area contributed by atoms with Crippen molar-refractivity contribution in [2.75, 3.05) is 13.7 Å². The van der Waals surface area contributed by atoms with Crippen LogP contribution in [0.15, 0.2) is 18.3 Å². The van der Waals surface area contributed by atoms with Crippen LogP contribution in [-0.2, 0) is 16.1 Å². The highest BCUT2D eigenvalue weighted by Gasteiger charge is 2.19. The van der Waals surface area contributed by atoms with Crippen molar-refractivity contribution in [2.24, 2.45) is 0 Å². The third-order valence-corrected chi connectivity index (χ3v) is 2.75. The molecule has 1 aromatic heterocycles. The Morgan fingerprint density at radius 3 is 2.85 bits per heavy atom. The van der Waals surface area contributed by atoms with Crippen LogP contribution in [0.3, 0.4) is 0 Å². The van der Waals surface area contributed by atoms with Gasteiger partial charge in [0.15, 0.2) is 0 Å². The first-order valence-electron chi connectivity index (χ1n) is 6.21. The van der Waals surface area contributed by atoms with Gasteiger partial charge in [0.1, 0.15) is 6.04 Å². The van der Waals surface area contributed by atoms with Gasteiger partial charge in [0.2, 0.25) is 0 Å². The fraction of sp³-hybridized carbons (Fsp3) is 0.462. The van der Waals surface area contributed by atoms with Crippen LogP contribution < -0.4 is 10.6 Å². The topological polar surface area (TPSA) is 101 Å². The van der Waals surface area contributed by atoms with E-state index in [0.29, 0.717) is 0 Å². The predicted molar refractivity (Wildman–Crippen MR) is 72.3 cm³/mol. The Kier molecular flexibility index (Phi) is 6.45. The summed E-state index contributed by atoms with van der Waals surface area (Å²) in [5, 5.41) is 13.9. The number of carbonyl (C=O) groups excluding carboxylic acids is 1. The highest BCUT2D eigenvalue weighted by atomic mass is 16.5. The van der Waals surface area contributed by atoms with Gasteiger partial charge in [0.05, 0.1) is 12.2 Å². The monoisotopic (exact) mass is 281 g/mol. The van der Waals surface area contributed by atoms with Crippen molar-refractivity contribution in [1.82, 2.24) is 15.6 Å². The number of ether oxygens (including phenoxy) is 1. The number of hydrogen-bond donors (Lipinski definition) is 3. The summed E-state index contributed by atoms with van der Waals surface area (Å²) in [6.45, 7) is 2.40. The predicted octanol–water partition coefficient (Wildman–Crippen LogP) is 0.679. The quantitative estimate of drug-likeness (QED) is 0.682. The van der Waals surface area contributed by atoms with Crippen LogP contribution in [0, 0.1) is 6.92 Å². The number of carboxylic acid groups (broad SMARTS) is 1. The molecule has 1 unspecified atom stereocenters. The molecule has 1 rings (SSSR count). The summed E-state index contributed by atoms with van der Waals surface area (Å²) in [5.41, 5.74) is 1.70. The van der Waals surface area contributed by atoms with Gasteiger partial charge in [0.25, 0.3) is 0 Å². The molecule has 20 heavy (non-hydrogen) atoms. The zero-order valence-corrected chi connectivity index (χ0v) is 11.5. The van der Waals surface area contributed by atoms with E-state index in [1.165, 1.54) is 7.11 Å². The van der Waals surface area contributed by atoms with Crippen LogP contribution >= 0.6 is 0 Å². The number of methoxy groups -OCH3 is 1. The van der Waals surface area contributed by atoms with Gasteiger partial charge < -0.3 is 20.5 Å². The van der Waals surface area contributed by atoms with Crippen LogP contribution in [0.1, 0.15) is 17.7 Å². The number of aromatic nitrogens is 1. The van der Waals surface area contributed by atoms with E-state index in [-0.39, 0.29) is 19.6 Å². The number of amides is 2. The molecule has 1 aromatic rings. The van der Waals surface area contributed by atoms with Crippen molar-refractivity contribution in [2.45, 2.75) is 25.9 Å². The van der Waals surface area contributed by atoms with E-state index < -0.39 is 18.0 Å². The Morgan fingerprint density at radius 2 is 2.25 bits per heavy atom. The normalized spacial score (nSPS) is 11.7. The fourth-order valence-corrected chi connectivity index (χ4v) is 1.57. The second kappa shape index (κ2) is 8.11. The molecule has 0 radical (unpaired) electrons. The average Bonchev–Trinajstić information content (AvgIpc) is 2.42. The number of carboxylic acids is 1. The lowest BCUT2D eigenvalue weighted by Crippen LogP contribution is -2.46. The molecule has 0 bridgehead atoms. The molecule has 0 aliphatic heterocycles. The molecule has 0 saturated carbocycles. The van der Waals surface area contributed by atoms with Gasteiger partial charge in [0, 0.05) is 26.3 Å². The summed E-state index contributed by atoms with van der Waals surface area (Å²) < 4.78 is 4.80. The number of carbonyl (C=O) groups is 2. The van der Waals surface area contributed by atoms with Gasteiger partial charge in [-0.3, -0.25) is 4.98 Å². The van der Waals surface area contributed by atoms with Crippen molar-refractivity contribution < 1.29 is 19.4 Å². The molecular formula is C13H19N3O4. The zero-order chi connectivity index (χ0) is 15.0. The van der Waals surface area contributed by atoms with Crippen molar-refractivity contribution in [1.29, 1.82) is 0 Å². The van der Waals surface area contributed by atoms with Gasteiger partial charge in [-0.2, -0.15) is 0 Å². The molecule has 0 aliphatic rings. The van der Waals surface area contributed by atoms with E-state index in [4.69, 9.17) is 9.84 Å². The van der Waals surface area contributed by atoms with Crippen molar-refractivity contribution in [3.8, 4) is 0 Å². The summed E-state index contributed by atoms with van der Waals surface area (Å²) in [7, 11) is 1.48. The minimum Gasteiger partial charge on any atom is -0.480 e. The minimum absolute atomic E-state index is 0.210. The number of nitrogens with one attached hydrogen (secondary N) is 2. The lowest BCUT2D eigenvalue weighted by Gasteiger charge is -2.15. The number of aliphatic carboxylic acids is 1. The molecule has 110 valence electrons. The third kappa shape index (κ3) is 5.23. The lowest BCUT2D eigenvalue weighted by atomic mass is 10.2. The van der Waals surface area contributed by atoms with Crippen LogP contribution in [0.4, 0.5) is 4.79 Å². The van der Waals surface area contributed by atoms with Crippen LogP contribution in [0.25, 0.3) is 0 Å². The highest BCUT2D eigenvalue weighted by molar-refractivity contribution is 5.82. The van der Waals surface area contributed by atoms with Gasteiger partial charge in [-0.25, -0.2) is 9.59 Å². The second-order valence-corrected chi connectivity index (χ2v) is 4.27. The van der Waals surface area contributed by atoms with E-state index in [1.807, 2.05) is 19.1 Å². The molecule has 0 spiro atoms. The first-order chi connectivity index (χ1) is 9.54. The number of urea groups is 1. The lowest BCUT2D eigenvalue weighted by molar-refractivity contribution is -0.139. The Labute approximate surface area is 117 Å². The zero-order valence-electron chi connectivity index (χ0n) is 11.5. The van der Waals surface area contributed by atoms with E-state index in [0.717, 1.165) is 11.3 Å². The second-order valence-electron chi connectivity index (χ2n) is 4.27. The molecular weight excluding hydrogens is 262 g/mol. The van der Waals surface area contributed by atoms with Crippen molar-refractivity contribution >= 4 is 12.0 Å². The maximum Gasteiger partial charge on any atom is 0.326 e. The molecule has 1 atom stereocenters. The number of hydrogen-bond acceptors (Lipinski definition) is 4. The van der Waals surface area contributed by atoms with Crippen LogP contribution in [0.5, 0.6) is 0 Å². The highest BCUT2D eigenvalue weighted by Crippen LogP contribution is 2.02. The number of nitrogens with zero attached hydrogens (tertiary/aromatic N) is 1. The number of pyridine rings is 1. The largest absolute Gasteiger partial charge is 0.480 e. The third-order valence-electron chi connectivity index (χ3n) is 2.75. The Hall–Kier alpha value is -2.15. The van der Waals surface area contributed by atoms with E-state index >= 15 is 0 Å². The average molecular weight is 281 g/mol. The Morgan fingerprint density at radius 1 is 1.50 bits per heavy atom. The summed E-state index contributed by atoms with van der Waals surface area (Å²) in [5.74, 6) is -1.09. The standard InChI is InChI=1S/C13H19N3O4/c1-9-4-3-6-14-11(9)8-15-13(19)16-10(12(17)18)5-7-20-2/h3-4,6,10H,5,7-8H2,1-2H3,(H,17,18)(H2,15,16,19). The number of rotatable bonds is 7. The number of aryl methyl sites for hydroxylation is 1. The summed E-state index contributed by atoms with van der Waals surface area (Å²) >= 11 is 0.